The van der Waals surface area contributed by atoms with E-state index in [4.69, 9.17) is 24.3 Å². The Kier molecular flexibility index (Phi) is 8.19. The molecule has 5 N–H and O–H groups in total. The van der Waals surface area contributed by atoms with E-state index < -0.39 is 49.7 Å². The summed E-state index contributed by atoms with van der Waals surface area (Å²) in [5, 5.41) is 13.5. The van der Waals surface area contributed by atoms with Crippen LogP contribution in [0.5, 0.6) is 5.75 Å². The Hall–Kier alpha value is -3.29. The molecule has 6 atom stereocenters. The van der Waals surface area contributed by atoms with Crippen LogP contribution in [0, 0.1) is 5.92 Å². The van der Waals surface area contributed by atoms with E-state index >= 15 is 0 Å². The van der Waals surface area contributed by atoms with Crippen molar-refractivity contribution in [1.82, 2.24) is 24.6 Å². The van der Waals surface area contributed by atoms with Crippen LogP contribution in [-0.4, -0.2) is 61.6 Å². The summed E-state index contributed by atoms with van der Waals surface area (Å²) in [5.74, 6) is -0.984. The lowest BCUT2D eigenvalue weighted by atomic mass is 10.0. The Morgan fingerprint density at radius 1 is 1.32 bits per heavy atom. The molecule has 1 saturated heterocycles. The van der Waals surface area contributed by atoms with Crippen LogP contribution in [0.25, 0.3) is 11.2 Å². The number of imidazole rings is 1. The first-order valence-corrected chi connectivity index (χ1v) is 13.5. The van der Waals surface area contributed by atoms with E-state index in [1.54, 1.807) is 51.1 Å². The highest BCUT2D eigenvalue weighted by Gasteiger charge is 2.44. The second-order valence-corrected chi connectivity index (χ2v) is 10.9. The number of para-hydroxylation sites is 1. The van der Waals surface area contributed by atoms with Gasteiger partial charge in [0.05, 0.1) is 25.1 Å². The third-order valence-electron chi connectivity index (χ3n) is 5.84. The van der Waals surface area contributed by atoms with Gasteiger partial charge < -0.3 is 24.8 Å². The van der Waals surface area contributed by atoms with Crippen LogP contribution in [-0.2, 0) is 23.4 Å². The number of carbonyl (C=O) groups is 1. The smallest absolute Gasteiger partial charge is 0.459 e. The molecule has 1 aromatic carbocycles. The molecule has 4 rings (SSSR count). The average Bonchev–Trinajstić information content (AvgIpc) is 3.39. The number of nitrogen functional groups attached to an aromatic ring is 1. The molecule has 206 valence electrons. The van der Waals surface area contributed by atoms with Crippen LogP contribution in [0.1, 0.15) is 33.9 Å². The number of aromatic amines is 1. The number of hydrogen-bond acceptors (Lipinski definition) is 11. The molecule has 38 heavy (non-hydrogen) atoms. The van der Waals surface area contributed by atoms with E-state index in [0.29, 0.717) is 0 Å². The fourth-order valence-corrected chi connectivity index (χ4v) is 5.48. The number of hydrogen-bond donors (Lipinski definition) is 4. The number of H-pyrrole nitrogens is 1. The van der Waals surface area contributed by atoms with Gasteiger partial charge in [0.25, 0.3) is 5.56 Å². The maximum atomic E-state index is 13.7. The predicted octanol–water partition coefficient (Wildman–Crippen LogP) is 1.73. The van der Waals surface area contributed by atoms with Gasteiger partial charge in [0, 0.05) is 5.92 Å². The summed E-state index contributed by atoms with van der Waals surface area (Å²) in [6, 6.07) is 7.27. The van der Waals surface area contributed by atoms with Crippen molar-refractivity contribution in [2.24, 2.45) is 5.92 Å². The van der Waals surface area contributed by atoms with E-state index in [2.05, 4.69) is 20.0 Å². The highest BCUT2D eigenvalue weighted by Crippen LogP contribution is 2.46. The van der Waals surface area contributed by atoms with E-state index in [1.165, 1.54) is 17.8 Å². The molecule has 0 aliphatic carbocycles. The Morgan fingerprint density at radius 3 is 2.71 bits per heavy atom. The van der Waals surface area contributed by atoms with Gasteiger partial charge in [0.2, 0.25) is 5.95 Å². The Morgan fingerprint density at radius 2 is 2.03 bits per heavy atom. The van der Waals surface area contributed by atoms with Gasteiger partial charge in [-0.25, -0.2) is 9.55 Å². The molecule has 14 nitrogen and oxygen atoms in total. The molecule has 3 aromatic rings. The van der Waals surface area contributed by atoms with Gasteiger partial charge >= 0.3 is 13.7 Å². The second kappa shape index (κ2) is 11.2. The molecule has 0 radical (unpaired) electrons. The third-order valence-corrected chi connectivity index (χ3v) is 7.49. The molecule has 0 unspecified atom stereocenters. The number of fused-ring (bicyclic) bond motifs is 1. The van der Waals surface area contributed by atoms with Crippen molar-refractivity contribution in [2.45, 2.75) is 58.3 Å². The minimum absolute atomic E-state index is 0.0661. The number of aliphatic hydroxyl groups is 1. The highest BCUT2D eigenvalue weighted by atomic mass is 31.2. The number of benzene rings is 1. The number of ether oxygens (including phenoxy) is 2. The lowest BCUT2D eigenvalue weighted by Gasteiger charge is -2.25. The quantitative estimate of drug-likeness (QED) is 0.211. The van der Waals surface area contributed by atoms with Crippen molar-refractivity contribution < 1.29 is 33.0 Å². The van der Waals surface area contributed by atoms with Crippen molar-refractivity contribution in [3.05, 3.63) is 47.0 Å². The fourth-order valence-electron chi connectivity index (χ4n) is 3.98. The molecule has 1 aliphatic heterocycles. The van der Waals surface area contributed by atoms with Crippen molar-refractivity contribution in [3.8, 4) is 5.75 Å². The van der Waals surface area contributed by atoms with Crippen LogP contribution in [0.3, 0.4) is 0 Å². The van der Waals surface area contributed by atoms with E-state index in [-0.39, 0.29) is 35.6 Å². The van der Waals surface area contributed by atoms with Gasteiger partial charge in [-0.05, 0) is 32.9 Å². The number of carbonyl (C=O) groups excluding carboxylic acids is 1. The number of nitrogens with zero attached hydrogens (tertiary/aromatic N) is 3. The number of aliphatic hydroxyl groups excluding tert-OH is 1. The normalized spacial score (nSPS) is 23.8. The summed E-state index contributed by atoms with van der Waals surface area (Å²) < 4.78 is 37.7. The Balaban J connectivity index is 1.52. The van der Waals surface area contributed by atoms with Gasteiger partial charge in [-0.15, -0.1) is 0 Å². The van der Waals surface area contributed by atoms with Crippen molar-refractivity contribution in [3.63, 3.8) is 0 Å². The molecule has 1 aliphatic rings. The summed E-state index contributed by atoms with van der Waals surface area (Å²) in [7, 11) is -4.16. The zero-order valence-electron chi connectivity index (χ0n) is 21.3. The SMILES string of the molecule is CC(C)OC(=O)[C@@H](C)N[P@@](=O)(OC[C@H]1O[C@@H](n2cnc3c(=O)[nH]c(N)nc32)[C@@H](C)[C@@H]1O)Oc1ccccc1. The Labute approximate surface area is 218 Å². The molecule has 0 amide bonds. The lowest BCUT2D eigenvalue weighted by molar-refractivity contribution is -0.149. The van der Waals surface area contributed by atoms with E-state index in [0.717, 1.165) is 0 Å². The van der Waals surface area contributed by atoms with Crippen LogP contribution >= 0.6 is 7.75 Å². The molecular weight excluding hydrogens is 519 g/mol. The van der Waals surface area contributed by atoms with E-state index in [1.807, 2.05) is 0 Å². The molecule has 0 saturated carbocycles. The van der Waals surface area contributed by atoms with Crippen molar-refractivity contribution >= 4 is 30.8 Å². The van der Waals surface area contributed by atoms with Gasteiger partial charge in [-0.1, -0.05) is 25.1 Å². The Bertz CT molecular complexity index is 1380. The molecule has 15 heteroatoms. The largest absolute Gasteiger partial charge is 0.462 e. The second-order valence-electron chi connectivity index (χ2n) is 9.22. The molecule has 2 aromatic heterocycles. The first kappa shape index (κ1) is 27.7. The van der Waals surface area contributed by atoms with Crippen LogP contribution < -0.4 is 20.9 Å². The number of anilines is 1. The summed E-state index contributed by atoms with van der Waals surface area (Å²) in [6.45, 7) is 6.24. The van der Waals surface area contributed by atoms with E-state index in [9.17, 15) is 19.3 Å². The zero-order valence-corrected chi connectivity index (χ0v) is 22.2. The van der Waals surface area contributed by atoms with Gasteiger partial charge in [-0.2, -0.15) is 10.1 Å². The molecule has 0 bridgehead atoms. The molecule has 3 heterocycles. The minimum atomic E-state index is -4.16. The third kappa shape index (κ3) is 6.05. The summed E-state index contributed by atoms with van der Waals surface area (Å²) in [5.41, 5.74) is 5.43. The number of rotatable bonds is 10. The number of nitrogens with one attached hydrogen (secondary N) is 2. The zero-order chi connectivity index (χ0) is 27.6. The molecular formula is C23H31N6O8P. The number of nitrogens with two attached hydrogens (primary N) is 1. The standard InChI is InChI=1S/C23H31N6O8P/c1-12(2)35-22(32)14(4)28-38(33,37-15-8-6-5-7-9-15)34-10-16-18(30)13(3)21(36-16)29-11-25-17-19(29)26-23(24)27-20(17)31/h5-9,11-14,16,18,21,30H,10H2,1-4H3,(H,28,33)(H3,24,26,27,31)/t13-,14+,16+,18-,21+,38+/m0/s1. The summed E-state index contributed by atoms with van der Waals surface area (Å²) >= 11 is 0. The number of aromatic nitrogens is 4. The van der Waals surface area contributed by atoms with Crippen molar-refractivity contribution in [1.29, 1.82) is 0 Å². The fraction of sp³-hybridized carbons (Fsp3) is 0.478. The van der Waals surface area contributed by atoms with Crippen LogP contribution in [0.2, 0.25) is 0 Å². The lowest BCUT2D eigenvalue weighted by Crippen LogP contribution is -2.37. The number of esters is 1. The van der Waals surface area contributed by atoms with Gasteiger partial charge in [-0.3, -0.25) is 23.7 Å². The van der Waals surface area contributed by atoms with Gasteiger partial charge in [0.1, 0.15) is 24.1 Å². The maximum Gasteiger partial charge on any atom is 0.459 e. The average molecular weight is 551 g/mol. The van der Waals surface area contributed by atoms with Crippen LogP contribution in [0.4, 0.5) is 5.95 Å². The maximum absolute atomic E-state index is 13.7. The first-order chi connectivity index (χ1) is 18.0. The summed E-state index contributed by atoms with van der Waals surface area (Å²) in [6.07, 6.45) is -1.78. The van der Waals surface area contributed by atoms with Gasteiger partial charge in [0.15, 0.2) is 11.2 Å². The molecule has 0 spiro atoms. The first-order valence-electron chi connectivity index (χ1n) is 12.0. The van der Waals surface area contributed by atoms with Crippen molar-refractivity contribution in [2.75, 3.05) is 12.3 Å². The predicted molar refractivity (Wildman–Crippen MR) is 136 cm³/mol. The summed E-state index contributed by atoms with van der Waals surface area (Å²) in [4.78, 5) is 35.1. The monoisotopic (exact) mass is 550 g/mol. The highest BCUT2D eigenvalue weighted by molar-refractivity contribution is 7.52. The molecule has 1 fully saturated rings. The minimum Gasteiger partial charge on any atom is -0.462 e. The topological polar surface area (TPSA) is 193 Å². The van der Waals surface area contributed by atoms with Crippen LogP contribution in [0.15, 0.2) is 41.5 Å².